The molecular formula is C52H47N. The molecule has 0 aromatic heterocycles. The molecule has 9 rings (SSSR count). The van der Waals surface area contributed by atoms with Crippen LogP contribution >= 0.6 is 0 Å². The van der Waals surface area contributed by atoms with Crippen molar-refractivity contribution in [2.45, 2.75) is 65.2 Å². The van der Waals surface area contributed by atoms with Gasteiger partial charge in [-0.1, -0.05) is 142 Å². The third-order valence-electron chi connectivity index (χ3n) is 12.5. The Morgan fingerprint density at radius 1 is 0.415 bits per heavy atom. The lowest BCUT2D eigenvalue weighted by Gasteiger charge is -2.30. The Morgan fingerprint density at radius 3 is 1.79 bits per heavy atom. The molecule has 1 nitrogen and oxygen atoms in total. The topological polar surface area (TPSA) is 3.24 Å². The van der Waals surface area contributed by atoms with Crippen molar-refractivity contribution in [3.63, 3.8) is 0 Å². The van der Waals surface area contributed by atoms with Gasteiger partial charge in [0.1, 0.15) is 0 Å². The molecule has 7 aromatic carbocycles. The van der Waals surface area contributed by atoms with Crippen LogP contribution in [0.3, 0.4) is 0 Å². The van der Waals surface area contributed by atoms with Crippen LogP contribution in [0.25, 0.3) is 44.5 Å². The van der Waals surface area contributed by atoms with Crippen LogP contribution in [0, 0.1) is 13.8 Å². The van der Waals surface area contributed by atoms with Crippen LogP contribution in [0.15, 0.2) is 152 Å². The second-order valence-electron chi connectivity index (χ2n) is 15.8. The van der Waals surface area contributed by atoms with Crippen LogP contribution in [0.1, 0.15) is 73.9 Å². The Balaban J connectivity index is 1.19. The highest BCUT2D eigenvalue weighted by molar-refractivity contribution is 5.89. The summed E-state index contributed by atoms with van der Waals surface area (Å²) >= 11 is 0. The largest absolute Gasteiger partial charge is 0.310 e. The average molecular weight is 686 g/mol. The first-order chi connectivity index (χ1) is 25.7. The summed E-state index contributed by atoms with van der Waals surface area (Å²) in [4.78, 5) is 2.44. The molecule has 53 heavy (non-hydrogen) atoms. The van der Waals surface area contributed by atoms with Gasteiger partial charge in [0.2, 0.25) is 0 Å². The quantitative estimate of drug-likeness (QED) is 0.161. The van der Waals surface area contributed by atoms with Crippen molar-refractivity contribution >= 4 is 17.1 Å². The van der Waals surface area contributed by atoms with Gasteiger partial charge in [0.05, 0.1) is 0 Å². The van der Waals surface area contributed by atoms with Gasteiger partial charge in [-0.2, -0.15) is 0 Å². The Kier molecular flexibility index (Phi) is 7.82. The van der Waals surface area contributed by atoms with E-state index in [2.05, 4.69) is 198 Å². The number of aryl methyl sites for hydroxylation is 2. The molecule has 0 N–H and O–H groups in total. The predicted molar refractivity (Wildman–Crippen MR) is 226 cm³/mol. The van der Waals surface area contributed by atoms with E-state index in [0.29, 0.717) is 0 Å². The number of anilines is 3. The van der Waals surface area contributed by atoms with Crippen molar-refractivity contribution in [2.75, 3.05) is 4.90 Å². The van der Waals surface area contributed by atoms with Gasteiger partial charge < -0.3 is 4.90 Å². The molecule has 7 aromatic rings. The van der Waals surface area contributed by atoms with Gasteiger partial charge in [-0.25, -0.2) is 0 Å². The molecule has 0 radical (unpaired) electrons. The molecule has 0 aliphatic heterocycles. The summed E-state index contributed by atoms with van der Waals surface area (Å²) in [6, 6.07) is 56.9. The third-order valence-corrected chi connectivity index (χ3v) is 12.5. The molecule has 0 fully saturated rings. The number of rotatable bonds is 7. The number of benzene rings is 7. The van der Waals surface area contributed by atoms with Gasteiger partial charge >= 0.3 is 0 Å². The Hall–Kier alpha value is -5.66. The Labute approximate surface area is 315 Å². The van der Waals surface area contributed by atoms with E-state index in [9.17, 15) is 0 Å². The zero-order valence-electron chi connectivity index (χ0n) is 31.8. The lowest BCUT2D eigenvalue weighted by atomic mass is 9.73. The summed E-state index contributed by atoms with van der Waals surface area (Å²) in [6.07, 6.45) is 2.20. The summed E-state index contributed by atoms with van der Waals surface area (Å²) < 4.78 is 0. The zero-order chi connectivity index (χ0) is 36.5. The number of fused-ring (bicyclic) bond motifs is 6. The first-order valence-electron chi connectivity index (χ1n) is 19.3. The standard InChI is InChI=1S/C52H47N/c1-7-52(8-2)49-29-34(3)21-27-44(49)46-33-45(35(4)30-50(46)52)38-17-14-18-40(31-38)53(39-24-22-37(23-25-39)36-15-10-9-11-16-36)41-26-28-43-42-19-12-13-20-47(42)51(5,6)48(43)32-41/h9-33H,7-8H2,1-6H3. The first kappa shape index (κ1) is 33.2. The van der Waals surface area contributed by atoms with Crippen molar-refractivity contribution < 1.29 is 0 Å². The SMILES string of the molecule is CCC1(CC)c2cc(C)ccc2-c2cc(-c3cccc(N(c4ccc(-c5ccccc5)cc4)c4ccc5c(c4)C(C)(C)c4ccccc4-5)c3)c(C)cc21. The van der Waals surface area contributed by atoms with Gasteiger partial charge in [-0.3, -0.25) is 0 Å². The maximum absolute atomic E-state index is 2.50. The number of nitrogens with zero attached hydrogens (tertiary/aromatic N) is 1. The van der Waals surface area contributed by atoms with Gasteiger partial charge in [-0.15, -0.1) is 0 Å². The molecule has 0 atom stereocenters. The van der Waals surface area contributed by atoms with Gasteiger partial charge in [0.25, 0.3) is 0 Å². The zero-order valence-corrected chi connectivity index (χ0v) is 31.8. The lowest BCUT2D eigenvalue weighted by molar-refractivity contribution is 0.490. The van der Waals surface area contributed by atoms with Crippen LogP contribution in [0.4, 0.5) is 17.1 Å². The fraction of sp³-hybridized carbons (Fsp3) is 0.192. The highest BCUT2D eigenvalue weighted by atomic mass is 15.1. The van der Waals surface area contributed by atoms with Crippen molar-refractivity contribution in [1.82, 2.24) is 0 Å². The average Bonchev–Trinajstić information content (AvgIpc) is 3.58. The van der Waals surface area contributed by atoms with Gasteiger partial charge in [-0.05, 0) is 141 Å². The highest BCUT2D eigenvalue weighted by Gasteiger charge is 2.41. The molecule has 0 saturated heterocycles. The molecule has 0 heterocycles. The van der Waals surface area contributed by atoms with Crippen LogP contribution in [-0.2, 0) is 10.8 Å². The molecule has 2 aliphatic carbocycles. The lowest BCUT2D eigenvalue weighted by Crippen LogP contribution is -2.23. The summed E-state index contributed by atoms with van der Waals surface area (Å²) in [5.74, 6) is 0. The summed E-state index contributed by atoms with van der Waals surface area (Å²) in [7, 11) is 0. The fourth-order valence-electron chi connectivity index (χ4n) is 9.61. The summed E-state index contributed by atoms with van der Waals surface area (Å²) in [5, 5.41) is 0. The first-order valence-corrected chi connectivity index (χ1v) is 19.3. The molecular weight excluding hydrogens is 639 g/mol. The minimum absolute atomic E-state index is 0.0611. The maximum atomic E-state index is 2.50. The summed E-state index contributed by atoms with van der Waals surface area (Å²) in [6.45, 7) is 14.0. The molecule has 0 bridgehead atoms. The minimum Gasteiger partial charge on any atom is -0.310 e. The summed E-state index contributed by atoms with van der Waals surface area (Å²) in [5.41, 5.74) is 22.3. The van der Waals surface area contributed by atoms with Gasteiger partial charge in [0, 0.05) is 27.9 Å². The van der Waals surface area contributed by atoms with Crippen molar-refractivity contribution in [1.29, 1.82) is 0 Å². The molecule has 0 unspecified atom stereocenters. The van der Waals surface area contributed by atoms with E-state index in [1.165, 1.54) is 83.6 Å². The van der Waals surface area contributed by atoms with Crippen molar-refractivity contribution in [3.05, 3.63) is 185 Å². The second-order valence-corrected chi connectivity index (χ2v) is 15.8. The van der Waals surface area contributed by atoms with Crippen LogP contribution in [0.2, 0.25) is 0 Å². The number of hydrogen-bond donors (Lipinski definition) is 0. The van der Waals surface area contributed by atoms with E-state index in [4.69, 9.17) is 0 Å². The second kappa shape index (κ2) is 12.5. The van der Waals surface area contributed by atoms with E-state index in [-0.39, 0.29) is 10.8 Å². The Morgan fingerprint density at radius 2 is 1.02 bits per heavy atom. The third kappa shape index (κ3) is 5.12. The molecule has 0 amide bonds. The van der Waals surface area contributed by atoms with Crippen molar-refractivity contribution in [3.8, 4) is 44.5 Å². The van der Waals surface area contributed by atoms with Gasteiger partial charge in [0.15, 0.2) is 0 Å². The monoisotopic (exact) mass is 685 g/mol. The number of hydrogen-bond acceptors (Lipinski definition) is 1. The van der Waals surface area contributed by atoms with E-state index >= 15 is 0 Å². The highest BCUT2D eigenvalue weighted by Crippen LogP contribution is 2.55. The molecule has 1 heteroatoms. The normalized spacial score (nSPS) is 14.3. The Bertz CT molecular complexity index is 2510. The van der Waals surface area contributed by atoms with E-state index < -0.39 is 0 Å². The predicted octanol–water partition coefficient (Wildman–Crippen LogP) is 14.5. The van der Waals surface area contributed by atoms with E-state index in [1.807, 2.05) is 0 Å². The minimum atomic E-state index is -0.0881. The molecule has 2 aliphatic rings. The van der Waals surface area contributed by atoms with Crippen LogP contribution < -0.4 is 4.90 Å². The molecule has 260 valence electrons. The van der Waals surface area contributed by atoms with E-state index in [0.717, 1.165) is 24.2 Å². The maximum Gasteiger partial charge on any atom is 0.0467 e. The molecule has 0 saturated carbocycles. The smallest absolute Gasteiger partial charge is 0.0467 e. The fourth-order valence-corrected chi connectivity index (χ4v) is 9.61. The van der Waals surface area contributed by atoms with E-state index in [1.54, 1.807) is 0 Å². The molecule has 0 spiro atoms. The van der Waals surface area contributed by atoms with Crippen molar-refractivity contribution in [2.24, 2.45) is 0 Å². The van der Waals surface area contributed by atoms with Crippen LogP contribution in [0.5, 0.6) is 0 Å². The van der Waals surface area contributed by atoms with Crippen LogP contribution in [-0.4, -0.2) is 0 Å².